The van der Waals surface area contributed by atoms with Crippen LogP contribution in [0.15, 0.2) is 47.5 Å². The van der Waals surface area contributed by atoms with E-state index in [0.717, 1.165) is 0 Å². The molecular weight excluding hydrogens is 385 g/mol. The van der Waals surface area contributed by atoms with Crippen LogP contribution < -0.4 is 5.01 Å². The molecule has 152 valence electrons. The average Bonchev–Trinajstić information content (AvgIpc) is 2.72. The third-order valence-electron chi connectivity index (χ3n) is 4.47. The number of halogens is 3. The van der Waals surface area contributed by atoms with Crippen molar-refractivity contribution in [1.29, 1.82) is 5.41 Å². The number of carbonyl (C=O) groups is 1. The van der Waals surface area contributed by atoms with Crippen LogP contribution in [0.4, 0.5) is 18.9 Å². The molecule has 0 spiro atoms. The molecule has 1 N–H and O–H groups in total. The molecule has 6 nitrogen and oxygen atoms in total. The predicted molar refractivity (Wildman–Crippen MR) is 103 cm³/mol. The molecule has 0 saturated heterocycles. The van der Waals surface area contributed by atoms with E-state index in [-0.39, 0.29) is 17.6 Å². The number of fused-ring (bicyclic) bond motifs is 1. The quantitative estimate of drug-likeness (QED) is 0.622. The summed E-state index contributed by atoms with van der Waals surface area (Å²) in [6.45, 7) is 2.56. The van der Waals surface area contributed by atoms with Gasteiger partial charge in [-0.05, 0) is 48.9 Å². The van der Waals surface area contributed by atoms with Crippen LogP contribution in [0.2, 0.25) is 0 Å². The lowest BCUT2D eigenvalue weighted by molar-refractivity contribution is 0.0720. The van der Waals surface area contributed by atoms with Crippen molar-refractivity contribution in [1.82, 2.24) is 5.01 Å². The second-order valence-corrected chi connectivity index (χ2v) is 6.22. The van der Waals surface area contributed by atoms with Gasteiger partial charge in [0.2, 0.25) is 5.90 Å². The second kappa shape index (κ2) is 8.34. The van der Waals surface area contributed by atoms with Crippen molar-refractivity contribution in [3.8, 4) is 0 Å². The van der Waals surface area contributed by atoms with Crippen LogP contribution in [0.25, 0.3) is 0 Å². The molecule has 3 rings (SSSR count). The maximum absolute atomic E-state index is 13.3. The zero-order valence-corrected chi connectivity index (χ0v) is 15.8. The number of benzene rings is 2. The summed E-state index contributed by atoms with van der Waals surface area (Å²) in [4.78, 5) is 16.9. The van der Waals surface area contributed by atoms with E-state index in [2.05, 4.69) is 4.99 Å². The van der Waals surface area contributed by atoms with E-state index in [1.807, 2.05) is 6.92 Å². The predicted octanol–water partition coefficient (Wildman–Crippen LogP) is 3.86. The van der Waals surface area contributed by atoms with Crippen LogP contribution in [0.1, 0.15) is 28.4 Å². The Morgan fingerprint density at radius 1 is 1.24 bits per heavy atom. The summed E-state index contributed by atoms with van der Waals surface area (Å²) in [6, 6.07) is 10.6. The summed E-state index contributed by atoms with van der Waals surface area (Å²) < 4.78 is 43.3. The summed E-state index contributed by atoms with van der Waals surface area (Å²) in [5, 5.41) is 10.5. The van der Waals surface area contributed by atoms with Gasteiger partial charge in [0.1, 0.15) is 5.82 Å². The van der Waals surface area contributed by atoms with Crippen molar-refractivity contribution in [3.05, 3.63) is 65.0 Å². The van der Waals surface area contributed by atoms with E-state index >= 15 is 0 Å². The van der Waals surface area contributed by atoms with Crippen molar-refractivity contribution >= 4 is 23.4 Å². The minimum absolute atomic E-state index is 0.171. The molecule has 2 aromatic rings. The van der Waals surface area contributed by atoms with Crippen LogP contribution >= 0.6 is 0 Å². The van der Waals surface area contributed by atoms with E-state index in [9.17, 15) is 18.0 Å². The average molecular weight is 404 g/mol. The first kappa shape index (κ1) is 20.4. The number of nitrogens with zero attached hydrogens (tertiary/aromatic N) is 3. The lowest BCUT2D eigenvalue weighted by Gasteiger charge is -2.40. The normalized spacial score (nSPS) is 14.3. The van der Waals surface area contributed by atoms with Crippen LogP contribution in [0.5, 0.6) is 0 Å². The summed E-state index contributed by atoms with van der Waals surface area (Å²) in [7, 11) is 1.35. The lowest BCUT2D eigenvalue weighted by Crippen LogP contribution is -2.50. The molecule has 0 bridgehead atoms. The van der Waals surface area contributed by atoms with E-state index in [1.54, 1.807) is 29.3 Å². The van der Waals surface area contributed by atoms with E-state index in [0.29, 0.717) is 35.5 Å². The molecule has 29 heavy (non-hydrogen) atoms. The van der Waals surface area contributed by atoms with E-state index in [1.165, 1.54) is 30.3 Å². The zero-order valence-electron chi connectivity index (χ0n) is 15.8. The number of alkyl halides is 2. The van der Waals surface area contributed by atoms with Crippen molar-refractivity contribution in [2.45, 2.75) is 19.9 Å². The molecule has 0 radical (unpaired) electrons. The molecule has 0 aromatic heterocycles. The standard InChI is InChI=1S/C20H19F3N4O2/c1-3-26-20(28)16-10-12(19(25-2)29-18(24)17(22)23)4-5-13(16)11-27(26)15-8-6-14(21)7-9-15/h4-10,17,24H,3,11H2,1-2H3. The first-order valence-corrected chi connectivity index (χ1v) is 8.85. The van der Waals surface area contributed by atoms with Gasteiger partial charge >= 0.3 is 6.43 Å². The molecule has 9 heteroatoms. The van der Waals surface area contributed by atoms with Crippen molar-refractivity contribution in [3.63, 3.8) is 0 Å². The number of anilines is 1. The first-order chi connectivity index (χ1) is 13.8. The summed E-state index contributed by atoms with van der Waals surface area (Å²) in [5.41, 5.74) is 2.08. The number of rotatable bonds is 4. The van der Waals surface area contributed by atoms with Gasteiger partial charge in [0.05, 0.1) is 12.2 Å². The number of hydrazine groups is 1. The maximum atomic E-state index is 13.3. The van der Waals surface area contributed by atoms with Crippen LogP contribution in [-0.2, 0) is 11.3 Å². The Morgan fingerprint density at radius 2 is 1.93 bits per heavy atom. The van der Waals surface area contributed by atoms with Gasteiger partial charge in [0.15, 0.2) is 0 Å². The molecule has 2 aromatic carbocycles. The summed E-state index contributed by atoms with van der Waals surface area (Å²) in [6.07, 6.45) is -3.06. The Hall–Kier alpha value is -3.36. The van der Waals surface area contributed by atoms with Gasteiger partial charge < -0.3 is 4.74 Å². The fraction of sp³-hybridized carbons (Fsp3) is 0.250. The molecule has 0 fully saturated rings. The third-order valence-corrected chi connectivity index (χ3v) is 4.47. The fourth-order valence-electron chi connectivity index (χ4n) is 3.08. The Kier molecular flexibility index (Phi) is 5.86. The molecule has 0 saturated carbocycles. The highest BCUT2D eigenvalue weighted by molar-refractivity contribution is 6.05. The maximum Gasteiger partial charge on any atom is 0.312 e. The fourth-order valence-corrected chi connectivity index (χ4v) is 3.08. The number of carbonyl (C=O) groups excluding carboxylic acids is 1. The van der Waals surface area contributed by atoms with Gasteiger partial charge in [-0.3, -0.25) is 20.2 Å². The summed E-state index contributed by atoms with van der Waals surface area (Å²) in [5.74, 6) is -2.05. The Labute approximate surface area is 165 Å². The minimum atomic E-state index is -3.06. The SMILES string of the molecule is CCN1C(=O)c2cc(C(=NC)OC(=N)C(F)F)ccc2CN1c1ccc(F)cc1. The minimum Gasteiger partial charge on any atom is -0.419 e. The van der Waals surface area contributed by atoms with E-state index < -0.39 is 12.3 Å². The highest BCUT2D eigenvalue weighted by atomic mass is 19.3. The molecular formula is C20H19F3N4O2. The third kappa shape index (κ3) is 4.08. The number of ether oxygens (including phenoxy) is 1. The molecule has 0 atom stereocenters. The summed E-state index contributed by atoms with van der Waals surface area (Å²) >= 11 is 0. The van der Waals surface area contributed by atoms with Gasteiger partial charge in [-0.2, -0.15) is 8.78 Å². The Morgan fingerprint density at radius 3 is 2.52 bits per heavy atom. The highest BCUT2D eigenvalue weighted by Gasteiger charge is 2.31. The monoisotopic (exact) mass is 404 g/mol. The van der Waals surface area contributed by atoms with Gasteiger partial charge in [-0.25, -0.2) is 9.40 Å². The Bertz CT molecular complexity index is 961. The molecule has 0 unspecified atom stereocenters. The van der Waals surface area contributed by atoms with Crippen LogP contribution in [0.3, 0.4) is 0 Å². The molecule has 1 heterocycles. The van der Waals surface area contributed by atoms with Gasteiger partial charge in [0, 0.05) is 24.7 Å². The van der Waals surface area contributed by atoms with Gasteiger partial charge in [-0.15, -0.1) is 0 Å². The number of aliphatic imine (C=N–C) groups is 1. The largest absolute Gasteiger partial charge is 0.419 e. The number of nitrogens with one attached hydrogen (secondary N) is 1. The van der Waals surface area contributed by atoms with E-state index in [4.69, 9.17) is 10.1 Å². The second-order valence-electron chi connectivity index (χ2n) is 6.22. The zero-order chi connectivity index (χ0) is 21.1. The smallest absolute Gasteiger partial charge is 0.312 e. The first-order valence-electron chi connectivity index (χ1n) is 8.85. The van der Waals surface area contributed by atoms with Gasteiger partial charge in [0.25, 0.3) is 11.8 Å². The molecule has 1 aliphatic heterocycles. The Balaban J connectivity index is 1.95. The number of amides is 1. The molecule has 1 aliphatic rings. The number of hydrogen-bond acceptors (Lipinski definition) is 5. The van der Waals surface area contributed by atoms with Crippen molar-refractivity contribution in [2.75, 3.05) is 18.6 Å². The molecule has 1 amide bonds. The molecule has 0 aliphatic carbocycles. The number of hydrogen-bond donors (Lipinski definition) is 1. The van der Waals surface area contributed by atoms with Crippen molar-refractivity contribution < 1.29 is 22.7 Å². The van der Waals surface area contributed by atoms with Crippen molar-refractivity contribution in [2.24, 2.45) is 4.99 Å². The lowest BCUT2D eigenvalue weighted by atomic mass is 10.00. The topological polar surface area (TPSA) is 69.0 Å². The van der Waals surface area contributed by atoms with Crippen LogP contribution in [-0.4, -0.2) is 42.7 Å². The highest BCUT2D eigenvalue weighted by Crippen LogP contribution is 2.29. The van der Waals surface area contributed by atoms with Crippen LogP contribution in [0, 0.1) is 11.2 Å². The van der Waals surface area contributed by atoms with Gasteiger partial charge in [-0.1, -0.05) is 6.07 Å².